The minimum absolute atomic E-state index is 0.0534. The van der Waals surface area contributed by atoms with Crippen molar-refractivity contribution in [2.75, 3.05) is 19.7 Å². The Kier molecular flexibility index (Phi) is 5.89. The van der Waals surface area contributed by atoms with Crippen LogP contribution in [-0.4, -0.2) is 50.7 Å². The molecule has 1 fully saturated rings. The van der Waals surface area contributed by atoms with Gasteiger partial charge in [-0.3, -0.25) is 9.58 Å². The zero-order valence-electron chi connectivity index (χ0n) is 15.0. The molecule has 0 amide bonds. The number of nitrogens with zero attached hydrogens (tertiary/aromatic N) is 3. The van der Waals surface area contributed by atoms with E-state index in [1.54, 1.807) is 6.20 Å². The van der Waals surface area contributed by atoms with Gasteiger partial charge in [-0.15, -0.1) is 0 Å². The van der Waals surface area contributed by atoms with Gasteiger partial charge >= 0.3 is 0 Å². The van der Waals surface area contributed by atoms with Crippen molar-refractivity contribution < 1.29 is 10.2 Å². The quantitative estimate of drug-likeness (QED) is 0.810. The van der Waals surface area contributed by atoms with Crippen LogP contribution in [0.3, 0.4) is 0 Å². The van der Waals surface area contributed by atoms with E-state index in [0.29, 0.717) is 0 Å². The summed E-state index contributed by atoms with van der Waals surface area (Å²) in [5.41, 5.74) is 2.13. The van der Waals surface area contributed by atoms with E-state index < -0.39 is 6.10 Å². The first kappa shape index (κ1) is 18.1. The van der Waals surface area contributed by atoms with E-state index in [4.69, 9.17) is 0 Å². The molecular weight excluding hydrogens is 314 g/mol. The van der Waals surface area contributed by atoms with Crippen molar-refractivity contribution in [3.8, 4) is 0 Å². The van der Waals surface area contributed by atoms with Gasteiger partial charge < -0.3 is 10.2 Å². The van der Waals surface area contributed by atoms with Crippen LogP contribution < -0.4 is 0 Å². The molecule has 25 heavy (non-hydrogen) atoms. The van der Waals surface area contributed by atoms with E-state index in [1.807, 2.05) is 16.9 Å². The fourth-order valence-corrected chi connectivity index (χ4v) is 4.02. The Hall–Kier alpha value is -1.69. The Morgan fingerprint density at radius 2 is 2.04 bits per heavy atom. The van der Waals surface area contributed by atoms with Crippen LogP contribution >= 0.6 is 0 Å². The van der Waals surface area contributed by atoms with Crippen molar-refractivity contribution >= 4 is 0 Å². The summed E-state index contributed by atoms with van der Waals surface area (Å²) in [7, 11) is 0. The molecule has 136 valence electrons. The molecule has 0 unspecified atom stereocenters. The standard InChI is InChI=1S/C20H29N3O2/c1-2-8-20(16-24)15-22(11-7-19(20)25)13-17-5-3-6-18(12-17)14-23-10-4-9-21-23/h3-6,9-10,12,19,24-25H,2,7-8,11,13-16H2,1H3/t19-,20-/m0/s1. The van der Waals surface area contributed by atoms with Crippen LogP contribution in [0.4, 0.5) is 0 Å². The molecule has 3 rings (SSSR count). The molecule has 0 aliphatic carbocycles. The predicted octanol–water partition coefficient (Wildman–Crippen LogP) is 2.28. The lowest BCUT2D eigenvalue weighted by Gasteiger charge is -2.45. The summed E-state index contributed by atoms with van der Waals surface area (Å²) in [4.78, 5) is 2.37. The van der Waals surface area contributed by atoms with Crippen LogP contribution in [0.2, 0.25) is 0 Å². The molecule has 0 bridgehead atoms. The zero-order chi connectivity index (χ0) is 17.7. The maximum atomic E-state index is 10.4. The number of aromatic nitrogens is 2. The Morgan fingerprint density at radius 3 is 2.72 bits per heavy atom. The topological polar surface area (TPSA) is 61.5 Å². The normalized spacial score (nSPS) is 24.5. The van der Waals surface area contributed by atoms with Crippen molar-refractivity contribution in [2.24, 2.45) is 5.41 Å². The van der Waals surface area contributed by atoms with Crippen LogP contribution in [0.5, 0.6) is 0 Å². The van der Waals surface area contributed by atoms with Gasteiger partial charge in [-0.2, -0.15) is 5.10 Å². The van der Waals surface area contributed by atoms with Crippen LogP contribution in [0, 0.1) is 5.41 Å². The van der Waals surface area contributed by atoms with Crippen LogP contribution in [0.25, 0.3) is 0 Å². The van der Waals surface area contributed by atoms with E-state index in [-0.39, 0.29) is 12.0 Å². The molecule has 1 saturated heterocycles. The van der Waals surface area contributed by atoms with Crippen LogP contribution in [0.1, 0.15) is 37.3 Å². The highest BCUT2D eigenvalue weighted by Crippen LogP contribution is 2.35. The Morgan fingerprint density at radius 1 is 1.24 bits per heavy atom. The molecule has 2 atom stereocenters. The summed E-state index contributed by atoms with van der Waals surface area (Å²) in [6, 6.07) is 10.5. The first-order chi connectivity index (χ1) is 12.1. The highest BCUT2D eigenvalue weighted by molar-refractivity contribution is 5.24. The number of benzene rings is 1. The second kappa shape index (κ2) is 8.13. The lowest BCUT2D eigenvalue weighted by atomic mass is 9.74. The highest BCUT2D eigenvalue weighted by atomic mass is 16.3. The first-order valence-electron chi connectivity index (χ1n) is 9.22. The molecular formula is C20H29N3O2. The van der Waals surface area contributed by atoms with Gasteiger partial charge in [0.2, 0.25) is 0 Å². The summed E-state index contributed by atoms with van der Waals surface area (Å²) in [6.45, 7) is 5.42. The maximum Gasteiger partial charge on any atom is 0.0659 e. The lowest BCUT2D eigenvalue weighted by Crippen LogP contribution is -2.53. The van der Waals surface area contributed by atoms with E-state index in [9.17, 15) is 10.2 Å². The highest BCUT2D eigenvalue weighted by Gasteiger charge is 2.41. The minimum Gasteiger partial charge on any atom is -0.396 e. The van der Waals surface area contributed by atoms with Crippen LogP contribution in [0.15, 0.2) is 42.7 Å². The Balaban J connectivity index is 1.67. The fraction of sp³-hybridized carbons (Fsp3) is 0.550. The number of piperidine rings is 1. The third-order valence-corrected chi connectivity index (χ3v) is 5.33. The Bertz CT molecular complexity index is 659. The third kappa shape index (κ3) is 4.29. The lowest BCUT2D eigenvalue weighted by molar-refractivity contribution is -0.0819. The molecule has 2 heterocycles. The number of aliphatic hydroxyl groups excluding tert-OH is 2. The zero-order valence-corrected chi connectivity index (χ0v) is 15.0. The largest absolute Gasteiger partial charge is 0.396 e. The number of hydrogen-bond donors (Lipinski definition) is 2. The van der Waals surface area contributed by atoms with Crippen LogP contribution in [-0.2, 0) is 13.1 Å². The molecule has 1 aliphatic heterocycles. The second-order valence-electron chi connectivity index (χ2n) is 7.31. The third-order valence-electron chi connectivity index (χ3n) is 5.33. The van der Waals surface area contributed by atoms with Gasteiger partial charge in [-0.05, 0) is 30.0 Å². The molecule has 0 saturated carbocycles. The number of likely N-dealkylation sites (tertiary alicyclic amines) is 1. The summed E-state index contributed by atoms with van der Waals surface area (Å²) in [6.07, 6.45) is 5.93. The molecule has 1 aliphatic rings. The molecule has 0 radical (unpaired) electrons. The summed E-state index contributed by atoms with van der Waals surface area (Å²) in [5.74, 6) is 0. The summed E-state index contributed by atoms with van der Waals surface area (Å²) < 4.78 is 1.92. The van der Waals surface area contributed by atoms with Crippen molar-refractivity contribution in [3.05, 3.63) is 53.9 Å². The average molecular weight is 343 g/mol. The second-order valence-corrected chi connectivity index (χ2v) is 7.31. The van der Waals surface area contributed by atoms with Gasteiger partial charge in [-0.25, -0.2) is 0 Å². The molecule has 0 spiro atoms. The van der Waals surface area contributed by atoms with E-state index in [0.717, 1.165) is 45.4 Å². The van der Waals surface area contributed by atoms with E-state index in [2.05, 4.69) is 41.2 Å². The van der Waals surface area contributed by atoms with Crippen molar-refractivity contribution in [1.82, 2.24) is 14.7 Å². The minimum atomic E-state index is -0.403. The number of rotatable bonds is 7. The van der Waals surface area contributed by atoms with Gasteiger partial charge in [0.25, 0.3) is 0 Å². The van der Waals surface area contributed by atoms with Gasteiger partial charge in [-0.1, -0.05) is 37.6 Å². The van der Waals surface area contributed by atoms with Gasteiger partial charge in [0, 0.05) is 37.4 Å². The molecule has 2 N–H and O–H groups in total. The average Bonchev–Trinajstić information content (AvgIpc) is 3.11. The van der Waals surface area contributed by atoms with Gasteiger partial charge in [0.05, 0.1) is 19.3 Å². The van der Waals surface area contributed by atoms with E-state index >= 15 is 0 Å². The fourth-order valence-electron chi connectivity index (χ4n) is 4.02. The summed E-state index contributed by atoms with van der Waals surface area (Å²) >= 11 is 0. The van der Waals surface area contributed by atoms with Crippen molar-refractivity contribution in [1.29, 1.82) is 0 Å². The predicted molar refractivity (Wildman–Crippen MR) is 98.1 cm³/mol. The smallest absolute Gasteiger partial charge is 0.0659 e. The molecule has 5 heteroatoms. The SMILES string of the molecule is CCC[C@@]1(CO)CN(Cc2cccc(Cn3cccn3)c2)CC[C@@H]1O. The first-order valence-corrected chi connectivity index (χ1v) is 9.22. The van der Waals surface area contributed by atoms with Crippen molar-refractivity contribution in [3.63, 3.8) is 0 Å². The Labute approximate surface area is 149 Å². The molecule has 1 aromatic carbocycles. The number of aliphatic hydroxyl groups is 2. The molecule has 2 aromatic rings. The van der Waals surface area contributed by atoms with Gasteiger partial charge in [0.1, 0.15) is 0 Å². The van der Waals surface area contributed by atoms with Gasteiger partial charge in [0.15, 0.2) is 0 Å². The molecule has 1 aromatic heterocycles. The molecule has 5 nitrogen and oxygen atoms in total. The maximum absolute atomic E-state index is 10.4. The van der Waals surface area contributed by atoms with Crippen molar-refractivity contribution in [2.45, 2.75) is 45.4 Å². The summed E-state index contributed by atoms with van der Waals surface area (Å²) in [5, 5.41) is 24.6. The monoisotopic (exact) mass is 343 g/mol. The van der Waals surface area contributed by atoms with E-state index in [1.165, 1.54) is 11.1 Å². The number of hydrogen-bond acceptors (Lipinski definition) is 4.